The lowest BCUT2D eigenvalue weighted by Crippen LogP contribution is -2.03. The third-order valence-corrected chi connectivity index (χ3v) is 2.34. The zero-order valence-electron chi connectivity index (χ0n) is 9.29. The SMILES string of the molecule is CPNCC#Cc1ccccc1OCCO. The molecule has 3 nitrogen and oxygen atoms in total. The number of para-hydroxylation sites is 1. The molecule has 0 heterocycles. The standard InChI is InChI=1S/C12H16NO2P/c1-16-13-8-4-6-11-5-2-3-7-12(11)15-10-9-14/h2-3,5,7,13-14,16H,8-10H2,1H3. The first-order valence-electron chi connectivity index (χ1n) is 5.09. The van der Waals surface area contributed by atoms with Crippen LogP contribution in [-0.4, -0.2) is 31.5 Å². The van der Waals surface area contributed by atoms with Gasteiger partial charge in [-0.3, -0.25) is 5.09 Å². The van der Waals surface area contributed by atoms with E-state index < -0.39 is 0 Å². The van der Waals surface area contributed by atoms with Gasteiger partial charge in [0.25, 0.3) is 0 Å². The maximum absolute atomic E-state index is 8.69. The second-order valence-corrected chi connectivity index (χ2v) is 3.83. The zero-order chi connectivity index (χ0) is 11.6. The highest BCUT2D eigenvalue weighted by molar-refractivity contribution is 7.34. The Morgan fingerprint density at radius 3 is 3.00 bits per heavy atom. The third-order valence-electron chi connectivity index (χ3n) is 1.81. The molecule has 0 saturated carbocycles. The number of hydrogen-bond donors (Lipinski definition) is 2. The van der Waals surface area contributed by atoms with E-state index in [1.807, 2.05) is 24.3 Å². The molecule has 1 aromatic rings. The summed E-state index contributed by atoms with van der Waals surface area (Å²) >= 11 is 0. The van der Waals surface area contributed by atoms with Crippen LogP contribution in [0.2, 0.25) is 0 Å². The van der Waals surface area contributed by atoms with E-state index >= 15 is 0 Å². The molecule has 0 spiro atoms. The summed E-state index contributed by atoms with van der Waals surface area (Å²) < 4.78 is 5.37. The van der Waals surface area contributed by atoms with E-state index in [-0.39, 0.29) is 6.61 Å². The number of rotatable bonds is 5. The van der Waals surface area contributed by atoms with E-state index in [1.54, 1.807) is 0 Å². The summed E-state index contributed by atoms with van der Waals surface area (Å²) in [6.45, 7) is 3.07. The van der Waals surface area contributed by atoms with Gasteiger partial charge in [0.2, 0.25) is 0 Å². The first kappa shape index (κ1) is 13.0. The Bertz CT molecular complexity index is 371. The monoisotopic (exact) mass is 237 g/mol. The molecule has 16 heavy (non-hydrogen) atoms. The molecule has 0 aliphatic heterocycles. The van der Waals surface area contributed by atoms with Crippen LogP contribution >= 0.6 is 8.73 Å². The van der Waals surface area contributed by atoms with E-state index in [1.165, 1.54) is 0 Å². The fourth-order valence-electron chi connectivity index (χ4n) is 1.12. The Hall–Kier alpha value is -1.07. The highest BCUT2D eigenvalue weighted by Gasteiger charge is 1.98. The molecule has 0 bridgehead atoms. The van der Waals surface area contributed by atoms with Crippen molar-refractivity contribution in [3.8, 4) is 17.6 Å². The largest absolute Gasteiger partial charge is 0.490 e. The predicted octanol–water partition coefficient (Wildman–Crippen LogP) is 1.22. The first-order chi connectivity index (χ1) is 7.88. The molecule has 0 aliphatic carbocycles. The van der Waals surface area contributed by atoms with Crippen LogP contribution in [0.4, 0.5) is 0 Å². The van der Waals surface area contributed by atoms with Crippen molar-refractivity contribution >= 4 is 8.73 Å². The lowest BCUT2D eigenvalue weighted by atomic mass is 10.2. The minimum absolute atomic E-state index is 0.0142. The number of hydrogen-bond acceptors (Lipinski definition) is 3. The van der Waals surface area contributed by atoms with E-state index in [0.717, 1.165) is 11.3 Å². The number of ether oxygens (including phenoxy) is 1. The van der Waals surface area contributed by atoms with Gasteiger partial charge in [-0.2, -0.15) is 0 Å². The van der Waals surface area contributed by atoms with E-state index in [4.69, 9.17) is 9.84 Å². The molecule has 1 aromatic carbocycles. The molecule has 0 radical (unpaired) electrons. The molecule has 1 unspecified atom stereocenters. The summed E-state index contributed by atoms with van der Waals surface area (Å²) in [5.74, 6) is 6.79. The number of aliphatic hydroxyl groups is 1. The summed E-state index contributed by atoms with van der Waals surface area (Å²) in [4.78, 5) is 0. The first-order valence-corrected chi connectivity index (χ1v) is 6.59. The summed E-state index contributed by atoms with van der Waals surface area (Å²) in [5.41, 5.74) is 0.859. The van der Waals surface area contributed by atoms with Gasteiger partial charge in [-0.15, -0.1) is 0 Å². The summed E-state index contributed by atoms with van der Waals surface area (Å²) in [7, 11) is 0.706. The van der Waals surface area contributed by atoms with Gasteiger partial charge in [0.1, 0.15) is 12.4 Å². The van der Waals surface area contributed by atoms with Crippen molar-refractivity contribution in [1.82, 2.24) is 5.09 Å². The maximum Gasteiger partial charge on any atom is 0.135 e. The Labute approximate surface area is 98.0 Å². The summed E-state index contributed by atoms with van der Waals surface area (Å²) in [6, 6.07) is 7.58. The molecule has 86 valence electrons. The van der Waals surface area contributed by atoms with E-state index in [9.17, 15) is 0 Å². The van der Waals surface area contributed by atoms with Gasteiger partial charge in [-0.25, -0.2) is 0 Å². The molecule has 0 fully saturated rings. The fraction of sp³-hybridized carbons (Fsp3) is 0.333. The second kappa shape index (κ2) is 8.13. The lowest BCUT2D eigenvalue weighted by Gasteiger charge is -2.05. The van der Waals surface area contributed by atoms with Gasteiger partial charge >= 0.3 is 0 Å². The molecule has 0 aliphatic rings. The van der Waals surface area contributed by atoms with Crippen LogP contribution in [-0.2, 0) is 0 Å². The minimum Gasteiger partial charge on any atom is -0.490 e. The van der Waals surface area contributed by atoms with Gasteiger partial charge in [-0.05, 0) is 18.8 Å². The molecule has 1 atom stereocenters. The molecule has 4 heteroatoms. The molecule has 0 amide bonds. The smallest absolute Gasteiger partial charge is 0.135 e. The molecule has 1 rings (SSSR count). The Morgan fingerprint density at radius 2 is 2.25 bits per heavy atom. The van der Waals surface area contributed by atoms with Crippen LogP contribution in [0.3, 0.4) is 0 Å². The van der Waals surface area contributed by atoms with Crippen molar-refractivity contribution in [3.63, 3.8) is 0 Å². The summed E-state index contributed by atoms with van der Waals surface area (Å²) in [5, 5.41) is 11.8. The third kappa shape index (κ3) is 4.63. The Morgan fingerprint density at radius 1 is 1.44 bits per heavy atom. The Balaban J connectivity index is 2.65. The molecular formula is C12H16NO2P. The topological polar surface area (TPSA) is 41.5 Å². The van der Waals surface area contributed by atoms with Crippen molar-refractivity contribution in [3.05, 3.63) is 29.8 Å². The van der Waals surface area contributed by atoms with Crippen LogP contribution in [0, 0.1) is 11.8 Å². The van der Waals surface area contributed by atoms with Gasteiger partial charge in [0.15, 0.2) is 0 Å². The molecular weight excluding hydrogens is 221 g/mol. The quantitative estimate of drug-likeness (QED) is 0.459. The normalized spacial score (nSPS) is 10.1. The predicted molar refractivity (Wildman–Crippen MR) is 68.1 cm³/mol. The zero-order valence-corrected chi connectivity index (χ0v) is 10.3. The minimum atomic E-state index is 0.0142. The highest BCUT2D eigenvalue weighted by atomic mass is 31.1. The van der Waals surface area contributed by atoms with Crippen molar-refractivity contribution < 1.29 is 9.84 Å². The van der Waals surface area contributed by atoms with E-state index in [2.05, 4.69) is 23.6 Å². The van der Waals surface area contributed by atoms with E-state index in [0.29, 0.717) is 21.9 Å². The van der Waals surface area contributed by atoms with Crippen LogP contribution < -0.4 is 9.82 Å². The van der Waals surface area contributed by atoms with Crippen molar-refractivity contribution in [2.24, 2.45) is 0 Å². The van der Waals surface area contributed by atoms with Gasteiger partial charge in [0.05, 0.1) is 18.7 Å². The van der Waals surface area contributed by atoms with Crippen LogP contribution in [0.25, 0.3) is 0 Å². The van der Waals surface area contributed by atoms with Gasteiger partial charge in [-0.1, -0.05) is 32.7 Å². The van der Waals surface area contributed by atoms with Crippen molar-refractivity contribution in [2.75, 3.05) is 26.4 Å². The number of benzene rings is 1. The number of nitrogens with one attached hydrogen (secondary N) is 1. The average molecular weight is 237 g/mol. The fourth-order valence-corrected chi connectivity index (χ4v) is 1.39. The molecule has 0 aromatic heterocycles. The van der Waals surface area contributed by atoms with Crippen molar-refractivity contribution in [1.29, 1.82) is 0 Å². The summed E-state index contributed by atoms with van der Waals surface area (Å²) in [6.07, 6.45) is 0. The van der Waals surface area contributed by atoms with Crippen LogP contribution in [0.1, 0.15) is 5.56 Å². The van der Waals surface area contributed by atoms with Crippen LogP contribution in [0.15, 0.2) is 24.3 Å². The average Bonchev–Trinajstić information content (AvgIpc) is 2.33. The Kier molecular flexibility index (Phi) is 6.60. The van der Waals surface area contributed by atoms with Gasteiger partial charge < -0.3 is 9.84 Å². The second-order valence-electron chi connectivity index (χ2n) is 2.97. The highest BCUT2D eigenvalue weighted by Crippen LogP contribution is 2.16. The molecule has 0 saturated heterocycles. The van der Waals surface area contributed by atoms with Gasteiger partial charge in [0, 0.05) is 0 Å². The lowest BCUT2D eigenvalue weighted by molar-refractivity contribution is 0.201. The van der Waals surface area contributed by atoms with Crippen LogP contribution in [0.5, 0.6) is 5.75 Å². The van der Waals surface area contributed by atoms with Crippen molar-refractivity contribution in [2.45, 2.75) is 0 Å². The maximum atomic E-state index is 8.69. The number of aliphatic hydroxyl groups excluding tert-OH is 1. The molecule has 2 N–H and O–H groups in total.